The maximum atomic E-state index is 11.5. The second kappa shape index (κ2) is 3.96. The molecule has 0 amide bonds. The fraction of sp³-hybridized carbons (Fsp3) is 1.00. The molecule has 2 saturated heterocycles. The lowest BCUT2D eigenvalue weighted by molar-refractivity contribution is -0.132. The summed E-state index contributed by atoms with van der Waals surface area (Å²) in [5.41, 5.74) is -0.385. The molecule has 2 aliphatic heterocycles. The summed E-state index contributed by atoms with van der Waals surface area (Å²) in [6.07, 6.45) is 2.73. The van der Waals surface area contributed by atoms with Crippen LogP contribution >= 0.6 is 0 Å². The second-order valence-corrected chi connectivity index (χ2v) is 7.37. The van der Waals surface area contributed by atoms with E-state index in [4.69, 9.17) is 4.74 Å². The number of sulfone groups is 1. The number of ether oxygens (including phenoxy) is 1. The van der Waals surface area contributed by atoms with E-state index in [-0.39, 0.29) is 16.9 Å². The van der Waals surface area contributed by atoms with Gasteiger partial charge in [0.05, 0.1) is 18.1 Å². The second-order valence-electron chi connectivity index (χ2n) is 5.19. The van der Waals surface area contributed by atoms with Gasteiger partial charge in [-0.1, -0.05) is 13.8 Å². The van der Waals surface area contributed by atoms with Crippen molar-refractivity contribution in [2.45, 2.75) is 38.8 Å². The lowest BCUT2D eigenvalue weighted by Crippen LogP contribution is -2.59. The quantitative estimate of drug-likeness (QED) is 0.788. The Bertz CT molecular complexity index is 349. The third kappa shape index (κ3) is 2.13. The maximum absolute atomic E-state index is 11.5. The SMILES string of the molecule is CCC1(CC)CNC2(CCS(=O)(=O)C2)OC1. The Kier molecular flexibility index (Phi) is 3.05. The van der Waals surface area contributed by atoms with Gasteiger partial charge >= 0.3 is 0 Å². The molecule has 0 aromatic heterocycles. The molecule has 0 saturated carbocycles. The van der Waals surface area contributed by atoms with Gasteiger partial charge < -0.3 is 4.74 Å². The molecule has 1 spiro atoms. The number of rotatable bonds is 2. The lowest BCUT2D eigenvalue weighted by atomic mass is 9.81. The van der Waals surface area contributed by atoms with Crippen LogP contribution in [-0.2, 0) is 14.6 Å². The monoisotopic (exact) mass is 247 g/mol. The summed E-state index contributed by atoms with van der Waals surface area (Å²) in [7, 11) is -2.89. The minimum absolute atomic E-state index is 0.142. The smallest absolute Gasteiger partial charge is 0.154 e. The third-order valence-corrected chi connectivity index (χ3v) is 5.94. The van der Waals surface area contributed by atoms with E-state index < -0.39 is 15.6 Å². The van der Waals surface area contributed by atoms with Gasteiger partial charge in [-0.2, -0.15) is 0 Å². The molecule has 0 aromatic rings. The fourth-order valence-electron chi connectivity index (χ4n) is 2.52. The van der Waals surface area contributed by atoms with E-state index in [1.54, 1.807) is 0 Å². The van der Waals surface area contributed by atoms with E-state index in [0.717, 1.165) is 19.4 Å². The summed E-state index contributed by atoms with van der Waals surface area (Å²) < 4.78 is 28.8. The van der Waals surface area contributed by atoms with Gasteiger partial charge in [0.15, 0.2) is 9.84 Å². The zero-order valence-electron chi connectivity index (χ0n) is 10.1. The van der Waals surface area contributed by atoms with Crippen LogP contribution in [0.2, 0.25) is 0 Å². The van der Waals surface area contributed by atoms with Crippen molar-refractivity contribution in [1.82, 2.24) is 5.32 Å². The summed E-state index contributed by atoms with van der Waals surface area (Å²) in [5, 5.41) is 3.34. The molecule has 1 N–H and O–H groups in total. The molecule has 2 fully saturated rings. The van der Waals surface area contributed by atoms with E-state index in [2.05, 4.69) is 19.2 Å². The van der Waals surface area contributed by atoms with Crippen molar-refractivity contribution in [3.05, 3.63) is 0 Å². The summed E-state index contributed by atoms with van der Waals surface area (Å²) in [6, 6.07) is 0. The largest absolute Gasteiger partial charge is 0.359 e. The van der Waals surface area contributed by atoms with Gasteiger partial charge in [0.1, 0.15) is 5.72 Å². The number of hydrogen-bond acceptors (Lipinski definition) is 4. The van der Waals surface area contributed by atoms with E-state index in [0.29, 0.717) is 13.0 Å². The first-order chi connectivity index (χ1) is 7.45. The molecule has 2 aliphatic rings. The normalized spacial score (nSPS) is 36.6. The minimum Gasteiger partial charge on any atom is -0.359 e. The molecule has 1 atom stereocenters. The summed E-state index contributed by atoms with van der Waals surface area (Å²) in [5.74, 6) is 0.398. The highest BCUT2D eigenvalue weighted by Gasteiger charge is 2.48. The summed E-state index contributed by atoms with van der Waals surface area (Å²) in [6.45, 7) is 5.88. The molecule has 0 bridgehead atoms. The topological polar surface area (TPSA) is 55.4 Å². The molecule has 1 unspecified atom stereocenters. The predicted molar refractivity (Wildman–Crippen MR) is 63.0 cm³/mol. The zero-order chi connectivity index (χ0) is 11.9. The van der Waals surface area contributed by atoms with Crippen LogP contribution in [0.3, 0.4) is 0 Å². The Morgan fingerprint density at radius 1 is 1.31 bits per heavy atom. The predicted octanol–water partition coefficient (Wildman–Crippen LogP) is 0.927. The Hall–Kier alpha value is -0.130. The zero-order valence-corrected chi connectivity index (χ0v) is 10.9. The van der Waals surface area contributed by atoms with E-state index in [9.17, 15) is 8.42 Å². The Labute approximate surface area is 97.7 Å². The summed E-state index contributed by atoms with van der Waals surface area (Å²) in [4.78, 5) is 0. The molecule has 94 valence electrons. The highest BCUT2D eigenvalue weighted by molar-refractivity contribution is 7.91. The molecule has 0 radical (unpaired) electrons. The van der Waals surface area contributed by atoms with Crippen molar-refractivity contribution in [3.63, 3.8) is 0 Å². The Morgan fingerprint density at radius 3 is 2.38 bits per heavy atom. The molecule has 16 heavy (non-hydrogen) atoms. The first kappa shape index (κ1) is 12.3. The Morgan fingerprint density at radius 2 is 2.00 bits per heavy atom. The van der Waals surface area contributed by atoms with Crippen molar-refractivity contribution in [2.24, 2.45) is 5.41 Å². The van der Waals surface area contributed by atoms with Crippen LogP contribution in [0.15, 0.2) is 0 Å². The number of hydrogen-bond donors (Lipinski definition) is 1. The van der Waals surface area contributed by atoms with Gasteiger partial charge in [0.2, 0.25) is 0 Å². The van der Waals surface area contributed by atoms with Gasteiger partial charge in [-0.15, -0.1) is 0 Å². The van der Waals surface area contributed by atoms with Crippen molar-refractivity contribution < 1.29 is 13.2 Å². The van der Waals surface area contributed by atoms with Crippen molar-refractivity contribution in [1.29, 1.82) is 0 Å². The van der Waals surface area contributed by atoms with Crippen LogP contribution in [0, 0.1) is 5.41 Å². The first-order valence-corrected chi connectivity index (χ1v) is 7.86. The van der Waals surface area contributed by atoms with Crippen molar-refractivity contribution >= 4 is 9.84 Å². The van der Waals surface area contributed by atoms with Gasteiger partial charge in [-0.05, 0) is 12.8 Å². The van der Waals surface area contributed by atoms with Gasteiger partial charge in [-0.3, -0.25) is 5.32 Å². The lowest BCUT2D eigenvalue weighted by Gasteiger charge is -2.44. The molecular formula is C11H21NO3S. The fourth-order valence-corrected chi connectivity index (χ4v) is 4.34. The van der Waals surface area contributed by atoms with Crippen LogP contribution in [0.4, 0.5) is 0 Å². The molecular weight excluding hydrogens is 226 g/mol. The van der Waals surface area contributed by atoms with Crippen LogP contribution in [0.5, 0.6) is 0 Å². The highest BCUT2D eigenvalue weighted by atomic mass is 32.2. The van der Waals surface area contributed by atoms with Gasteiger partial charge in [0.25, 0.3) is 0 Å². The van der Waals surface area contributed by atoms with Crippen LogP contribution in [0.1, 0.15) is 33.1 Å². The number of nitrogens with one attached hydrogen (secondary N) is 1. The molecule has 2 rings (SSSR count). The molecule has 5 heteroatoms. The van der Waals surface area contributed by atoms with Crippen molar-refractivity contribution in [2.75, 3.05) is 24.7 Å². The average Bonchev–Trinajstić information content (AvgIpc) is 2.57. The van der Waals surface area contributed by atoms with E-state index in [1.807, 2.05) is 0 Å². The molecule has 0 aliphatic carbocycles. The standard InChI is InChI=1S/C11H21NO3S/c1-3-10(4-2)7-12-11(15-8-10)5-6-16(13,14)9-11/h12H,3-9H2,1-2H3. The van der Waals surface area contributed by atoms with Gasteiger partial charge in [0, 0.05) is 18.4 Å². The van der Waals surface area contributed by atoms with Crippen LogP contribution in [-0.4, -0.2) is 38.8 Å². The maximum Gasteiger partial charge on any atom is 0.154 e. The van der Waals surface area contributed by atoms with Crippen LogP contribution in [0.25, 0.3) is 0 Å². The van der Waals surface area contributed by atoms with E-state index >= 15 is 0 Å². The first-order valence-electron chi connectivity index (χ1n) is 6.04. The molecule has 2 heterocycles. The minimum atomic E-state index is -2.89. The Balaban J connectivity index is 2.05. The van der Waals surface area contributed by atoms with E-state index in [1.165, 1.54) is 0 Å². The molecule has 4 nitrogen and oxygen atoms in total. The van der Waals surface area contributed by atoms with Crippen LogP contribution < -0.4 is 5.32 Å². The highest BCUT2D eigenvalue weighted by Crippen LogP contribution is 2.36. The average molecular weight is 247 g/mol. The summed E-state index contributed by atoms with van der Waals surface area (Å²) >= 11 is 0. The third-order valence-electron chi connectivity index (χ3n) is 4.21. The molecule has 0 aromatic carbocycles. The van der Waals surface area contributed by atoms with Gasteiger partial charge in [-0.25, -0.2) is 8.42 Å². The van der Waals surface area contributed by atoms with Crippen molar-refractivity contribution in [3.8, 4) is 0 Å².